The zero-order valence-corrected chi connectivity index (χ0v) is 24.9. The quantitative estimate of drug-likeness (QED) is 0.362. The van der Waals surface area contributed by atoms with Crippen molar-refractivity contribution >= 4 is 23.2 Å². The SMILES string of the molecule is COc1ccccc1C1CCN(C(=O)c2csc(C3CCN(C(=O)c4ccc(OC)c(OC)c4OC)CC3)n2)CC1. The highest BCUT2D eigenvalue weighted by Crippen LogP contribution is 2.41. The van der Waals surface area contributed by atoms with Gasteiger partial charge in [0.1, 0.15) is 11.4 Å². The van der Waals surface area contributed by atoms with Crippen molar-refractivity contribution in [1.82, 2.24) is 14.8 Å². The van der Waals surface area contributed by atoms with Crippen molar-refractivity contribution in [1.29, 1.82) is 0 Å². The molecule has 41 heavy (non-hydrogen) atoms. The van der Waals surface area contributed by atoms with Crippen LogP contribution in [0.2, 0.25) is 0 Å². The fraction of sp³-hybridized carbons (Fsp3) is 0.452. The van der Waals surface area contributed by atoms with Crippen molar-refractivity contribution in [3.63, 3.8) is 0 Å². The highest BCUT2D eigenvalue weighted by molar-refractivity contribution is 7.09. The Hall–Kier alpha value is -3.79. The van der Waals surface area contributed by atoms with Gasteiger partial charge in [-0.25, -0.2) is 4.98 Å². The lowest BCUT2D eigenvalue weighted by Gasteiger charge is -2.32. The fourth-order valence-corrected chi connectivity index (χ4v) is 6.87. The average molecular weight is 580 g/mol. The Morgan fingerprint density at radius 2 is 1.34 bits per heavy atom. The van der Waals surface area contributed by atoms with Crippen molar-refractivity contribution in [2.45, 2.75) is 37.5 Å². The van der Waals surface area contributed by atoms with Crippen molar-refractivity contribution in [3.05, 3.63) is 63.6 Å². The minimum atomic E-state index is -0.104. The molecule has 218 valence electrons. The molecule has 2 saturated heterocycles. The number of carbonyl (C=O) groups excluding carboxylic acids is 2. The number of para-hydroxylation sites is 1. The lowest BCUT2D eigenvalue weighted by molar-refractivity contribution is 0.0705. The first-order valence-corrected chi connectivity index (χ1v) is 14.8. The van der Waals surface area contributed by atoms with Gasteiger partial charge in [-0.2, -0.15) is 0 Å². The molecule has 9 nitrogen and oxygen atoms in total. The first-order valence-electron chi connectivity index (χ1n) is 13.9. The predicted octanol–water partition coefficient (Wildman–Crippen LogP) is 5.22. The van der Waals surface area contributed by atoms with Crippen molar-refractivity contribution in [2.24, 2.45) is 0 Å². The molecule has 0 spiro atoms. The predicted molar refractivity (Wildman–Crippen MR) is 157 cm³/mol. The number of benzene rings is 2. The van der Waals surface area contributed by atoms with E-state index >= 15 is 0 Å². The summed E-state index contributed by atoms with van der Waals surface area (Å²) in [6, 6.07) is 11.6. The maximum atomic E-state index is 13.4. The summed E-state index contributed by atoms with van der Waals surface area (Å²) < 4.78 is 21.9. The third-order valence-electron chi connectivity index (χ3n) is 8.17. The largest absolute Gasteiger partial charge is 0.496 e. The highest BCUT2D eigenvalue weighted by atomic mass is 32.1. The molecule has 1 aromatic heterocycles. The number of rotatable bonds is 8. The van der Waals surface area contributed by atoms with E-state index in [1.54, 1.807) is 37.7 Å². The Balaban J connectivity index is 1.18. The Labute approximate surface area is 245 Å². The van der Waals surface area contributed by atoms with Gasteiger partial charge in [0.05, 0.1) is 39.0 Å². The van der Waals surface area contributed by atoms with Crippen LogP contribution < -0.4 is 18.9 Å². The van der Waals surface area contributed by atoms with Crippen molar-refractivity contribution in [2.75, 3.05) is 54.6 Å². The number of methoxy groups -OCH3 is 4. The molecule has 3 heterocycles. The smallest absolute Gasteiger partial charge is 0.273 e. The van der Waals surface area contributed by atoms with Gasteiger partial charge in [0, 0.05) is 37.5 Å². The molecule has 0 N–H and O–H groups in total. The van der Waals surface area contributed by atoms with E-state index in [-0.39, 0.29) is 17.7 Å². The number of hydrogen-bond donors (Lipinski definition) is 0. The number of piperidine rings is 2. The molecule has 2 aliphatic rings. The number of ether oxygens (including phenoxy) is 4. The normalized spacial score (nSPS) is 16.4. The number of likely N-dealkylation sites (tertiary alicyclic amines) is 2. The van der Waals surface area contributed by atoms with E-state index in [0.717, 1.165) is 36.4 Å². The molecule has 0 radical (unpaired) electrons. The van der Waals surface area contributed by atoms with Gasteiger partial charge in [-0.3, -0.25) is 9.59 Å². The molecule has 0 unspecified atom stereocenters. The number of carbonyl (C=O) groups is 2. The summed E-state index contributed by atoms with van der Waals surface area (Å²) in [5.74, 6) is 2.69. The summed E-state index contributed by atoms with van der Waals surface area (Å²) in [7, 11) is 6.29. The fourth-order valence-electron chi connectivity index (χ4n) is 5.90. The number of nitrogens with zero attached hydrogens (tertiary/aromatic N) is 3. The van der Waals surface area contributed by atoms with Crippen LogP contribution in [0.3, 0.4) is 0 Å². The molecule has 0 bridgehead atoms. The summed E-state index contributed by atoms with van der Waals surface area (Å²) in [5, 5.41) is 2.85. The second-order valence-electron chi connectivity index (χ2n) is 10.3. The average Bonchev–Trinajstić information content (AvgIpc) is 3.54. The van der Waals surface area contributed by atoms with E-state index in [9.17, 15) is 9.59 Å². The van der Waals surface area contributed by atoms with Crippen molar-refractivity contribution < 1.29 is 28.5 Å². The summed E-state index contributed by atoms with van der Waals surface area (Å²) in [5.41, 5.74) is 2.18. The van der Waals surface area contributed by atoms with Crippen molar-refractivity contribution in [3.8, 4) is 23.0 Å². The van der Waals surface area contributed by atoms with Crippen LogP contribution in [-0.4, -0.2) is 81.2 Å². The summed E-state index contributed by atoms with van der Waals surface area (Å²) in [6.07, 6.45) is 3.38. The zero-order chi connectivity index (χ0) is 28.9. The number of amides is 2. The minimum absolute atomic E-state index is 0.000798. The molecule has 0 atom stereocenters. The molecule has 2 aromatic carbocycles. The van der Waals surface area contributed by atoms with Crippen LogP contribution in [0.5, 0.6) is 23.0 Å². The number of aromatic nitrogens is 1. The molecule has 0 saturated carbocycles. The van der Waals surface area contributed by atoms with Crippen LogP contribution in [0.4, 0.5) is 0 Å². The Kier molecular flexibility index (Phi) is 8.97. The lowest BCUT2D eigenvalue weighted by atomic mass is 9.88. The molecular weight excluding hydrogens is 542 g/mol. The Bertz CT molecular complexity index is 1380. The second-order valence-corrected chi connectivity index (χ2v) is 11.2. The monoisotopic (exact) mass is 579 g/mol. The van der Waals surface area contributed by atoms with Crippen LogP contribution in [-0.2, 0) is 0 Å². The zero-order valence-electron chi connectivity index (χ0n) is 24.1. The maximum Gasteiger partial charge on any atom is 0.273 e. The molecule has 2 fully saturated rings. The van der Waals surface area contributed by atoms with Gasteiger partial charge in [0.25, 0.3) is 11.8 Å². The van der Waals surface area contributed by atoms with Crippen LogP contribution in [0, 0.1) is 0 Å². The van der Waals surface area contributed by atoms with E-state index < -0.39 is 0 Å². The van der Waals surface area contributed by atoms with Gasteiger partial charge >= 0.3 is 0 Å². The van der Waals surface area contributed by atoms with E-state index in [1.165, 1.54) is 19.8 Å². The minimum Gasteiger partial charge on any atom is -0.496 e. The molecule has 2 amide bonds. The van der Waals surface area contributed by atoms with E-state index in [4.69, 9.17) is 23.9 Å². The molecule has 3 aromatic rings. The van der Waals surface area contributed by atoms with Crippen LogP contribution in [0.15, 0.2) is 41.8 Å². The third kappa shape index (κ3) is 5.84. The van der Waals surface area contributed by atoms with Gasteiger partial charge in [-0.1, -0.05) is 18.2 Å². The topological polar surface area (TPSA) is 90.4 Å². The van der Waals surface area contributed by atoms with Crippen LogP contribution in [0.1, 0.15) is 68.9 Å². The van der Waals surface area contributed by atoms with E-state index in [0.29, 0.717) is 60.6 Å². The van der Waals surface area contributed by atoms with E-state index in [2.05, 4.69) is 6.07 Å². The Morgan fingerprint density at radius 3 is 1.98 bits per heavy atom. The highest BCUT2D eigenvalue weighted by Gasteiger charge is 2.31. The summed E-state index contributed by atoms with van der Waals surface area (Å²) >= 11 is 1.54. The Morgan fingerprint density at radius 1 is 0.732 bits per heavy atom. The molecule has 2 aliphatic heterocycles. The van der Waals surface area contributed by atoms with Crippen LogP contribution >= 0.6 is 11.3 Å². The number of hydrogen-bond acceptors (Lipinski definition) is 8. The maximum absolute atomic E-state index is 13.4. The molecule has 5 rings (SSSR count). The standard InChI is InChI=1S/C31H37N3O6S/c1-37-25-8-6-5-7-22(25)20-11-15-34(16-12-20)31(36)24-19-41-29(32-24)21-13-17-33(18-14-21)30(35)23-9-10-26(38-2)28(40-4)27(23)39-3/h5-10,19-21H,11-18H2,1-4H3. The second kappa shape index (κ2) is 12.8. The lowest BCUT2D eigenvalue weighted by Crippen LogP contribution is -2.38. The van der Waals surface area contributed by atoms with Gasteiger partial charge in [0.2, 0.25) is 5.75 Å². The number of thiazole rings is 1. The summed E-state index contributed by atoms with van der Waals surface area (Å²) in [6.45, 7) is 2.60. The van der Waals surface area contributed by atoms with Gasteiger partial charge in [-0.15, -0.1) is 11.3 Å². The molecule has 10 heteroatoms. The van der Waals surface area contributed by atoms with Crippen LogP contribution in [0.25, 0.3) is 0 Å². The van der Waals surface area contributed by atoms with E-state index in [1.807, 2.05) is 33.4 Å². The summed E-state index contributed by atoms with van der Waals surface area (Å²) in [4.78, 5) is 35.2. The molecule has 0 aliphatic carbocycles. The van der Waals surface area contributed by atoms with Gasteiger partial charge in [0.15, 0.2) is 11.5 Å². The first-order chi connectivity index (χ1) is 20.0. The first kappa shape index (κ1) is 28.7. The van der Waals surface area contributed by atoms with Gasteiger partial charge in [-0.05, 0) is 55.4 Å². The van der Waals surface area contributed by atoms with Gasteiger partial charge < -0.3 is 28.7 Å². The third-order valence-corrected chi connectivity index (χ3v) is 9.18. The molecular formula is C31H37N3O6S.